The first-order valence-electron chi connectivity index (χ1n) is 4.95. The van der Waals surface area contributed by atoms with E-state index in [1.54, 1.807) is 0 Å². The van der Waals surface area contributed by atoms with Crippen LogP contribution in [0.5, 0.6) is 0 Å². The highest BCUT2D eigenvalue weighted by atomic mass is 32.1. The monoisotopic (exact) mass is 223 g/mol. The number of pyridine rings is 1. The molecule has 1 atom stereocenters. The molecule has 0 radical (unpaired) electrons. The zero-order valence-electron chi connectivity index (χ0n) is 9.40. The van der Waals surface area contributed by atoms with Gasteiger partial charge in [0.25, 0.3) is 0 Å². The molecule has 4 heteroatoms. The molecule has 0 aromatic carbocycles. The van der Waals surface area contributed by atoms with Gasteiger partial charge in [0.15, 0.2) is 0 Å². The number of aryl methyl sites for hydroxylation is 1. The number of thiocarbonyl (C=S) groups is 1. The molecule has 0 bridgehead atoms. The lowest BCUT2D eigenvalue weighted by Gasteiger charge is -2.25. The first kappa shape index (κ1) is 11.9. The van der Waals surface area contributed by atoms with Crippen LogP contribution in [0, 0.1) is 6.92 Å². The molecule has 82 valence electrons. The van der Waals surface area contributed by atoms with Gasteiger partial charge in [0.1, 0.15) is 5.82 Å². The number of rotatable bonds is 4. The smallest absolute Gasteiger partial charge is 0.128 e. The van der Waals surface area contributed by atoms with Gasteiger partial charge in [-0.25, -0.2) is 4.98 Å². The van der Waals surface area contributed by atoms with E-state index in [9.17, 15) is 0 Å². The van der Waals surface area contributed by atoms with Crippen LogP contribution in [-0.2, 0) is 0 Å². The van der Waals surface area contributed by atoms with Crippen LogP contribution in [0.1, 0.15) is 19.0 Å². The number of aromatic nitrogens is 1. The summed E-state index contributed by atoms with van der Waals surface area (Å²) >= 11 is 4.90. The Labute approximate surface area is 96.3 Å². The summed E-state index contributed by atoms with van der Waals surface area (Å²) in [5, 5.41) is 0. The number of nitrogens with two attached hydrogens (primary N) is 1. The summed E-state index contributed by atoms with van der Waals surface area (Å²) in [4.78, 5) is 7.08. The van der Waals surface area contributed by atoms with E-state index >= 15 is 0 Å². The molecular weight excluding hydrogens is 206 g/mol. The Morgan fingerprint density at radius 3 is 2.80 bits per heavy atom. The molecule has 1 aromatic rings. The van der Waals surface area contributed by atoms with E-state index in [-0.39, 0.29) is 6.04 Å². The standard InChI is InChI=1S/C11H17N3S/c1-8-5-4-6-11(13-8)14(3)9(2)7-10(12)15/h4-6,9H,7H2,1-3H3,(H2,12,15). The zero-order chi connectivity index (χ0) is 11.4. The summed E-state index contributed by atoms with van der Waals surface area (Å²) in [6.07, 6.45) is 0.710. The van der Waals surface area contributed by atoms with E-state index in [4.69, 9.17) is 18.0 Å². The van der Waals surface area contributed by atoms with Crippen molar-refractivity contribution >= 4 is 23.0 Å². The van der Waals surface area contributed by atoms with E-state index in [2.05, 4.69) is 16.8 Å². The minimum absolute atomic E-state index is 0.275. The lowest BCUT2D eigenvalue weighted by Crippen LogP contribution is -2.33. The molecule has 0 amide bonds. The van der Waals surface area contributed by atoms with Gasteiger partial charge in [0, 0.05) is 25.2 Å². The SMILES string of the molecule is Cc1cccc(N(C)C(C)CC(N)=S)n1. The Hall–Kier alpha value is -1.16. The summed E-state index contributed by atoms with van der Waals surface area (Å²) in [5.74, 6) is 0.957. The predicted octanol–water partition coefficient (Wildman–Crippen LogP) is 1.89. The van der Waals surface area contributed by atoms with Crippen molar-refractivity contribution in [3.63, 3.8) is 0 Å². The highest BCUT2D eigenvalue weighted by molar-refractivity contribution is 7.80. The maximum atomic E-state index is 5.52. The van der Waals surface area contributed by atoms with E-state index < -0.39 is 0 Å². The summed E-state index contributed by atoms with van der Waals surface area (Å²) in [6.45, 7) is 4.07. The van der Waals surface area contributed by atoms with Crippen molar-refractivity contribution in [3.05, 3.63) is 23.9 Å². The fourth-order valence-corrected chi connectivity index (χ4v) is 1.62. The quantitative estimate of drug-likeness (QED) is 0.792. The van der Waals surface area contributed by atoms with Crippen molar-refractivity contribution in [2.24, 2.45) is 5.73 Å². The van der Waals surface area contributed by atoms with Crippen LogP contribution in [0.25, 0.3) is 0 Å². The molecule has 0 spiro atoms. The minimum Gasteiger partial charge on any atom is -0.393 e. The summed E-state index contributed by atoms with van der Waals surface area (Å²) in [6, 6.07) is 6.25. The molecule has 15 heavy (non-hydrogen) atoms. The predicted molar refractivity (Wildman–Crippen MR) is 68.2 cm³/mol. The second-order valence-corrected chi connectivity index (χ2v) is 4.29. The fourth-order valence-electron chi connectivity index (χ4n) is 1.38. The number of hydrogen-bond acceptors (Lipinski definition) is 3. The third-order valence-electron chi connectivity index (χ3n) is 2.39. The molecule has 1 aromatic heterocycles. The van der Waals surface area contributed by atoms with Crippen molar-refractivity contribution in [1.82, 2.24) is 4.98 Å². The van der Waals surface area contributed by atoms with Crippen molar-refractivity contribution in [2.75, 3.05) is 11.9 Å². The summed E-state index contributed by atoms with van der Waals surface area (Å²) in [7, 11) is 2.00. The lowest BCUT2D eigenvalue weighted by atomic mass is 10.2. The first-order chi connectivity index (χ1) is 7.00. The average molecular weight is 223 g/mol. The first-order valence-corrected chi connectivity index (χ1v) is 5.36. The molecule has 3 nitrogen and oxygen atoms in total. The highest BCUT2D eigenvalue weighted by Crippen LogP contribution is 2.13. The average Bonchev–Trinajstić information content (AvgIpc) is 2.15. The van der Waals surface area contributed by atoms with Crippen molar-refractivity contribution in [3.8, 4) is 0 Å². The van der Waals surface area contributed by atoms with Crippen molar-refractivity contribution < 1.29 is 0 Å². The van der Waals surface area contributed by atoms with Crippen molar-refractivity contribution in [2.45, 2.75) is 26.3 Å². The molecule has 0 aliphatic heterocycles. The van der Waals surface area contributed by atoms with Crippen LogP contribution in [0.4, 0.5) is 5.82 Å². The Morgan fingerprint density at radius 1 is 1.60 bits per heavy atom. The second-order valence-electron chi connectivity index (χ2n) is 3.77. The van der Waals surface area contributed by atoms with Gasteiger partial charge >= 0.3 is 0 Å². The Morgan fingerprint density at radius 2 is 2.27 bits per heavy atom. The fraction of sp³-hybridized carbons (Fsp3) is 0.455. The third-order valence-corrected chi connectivity index (χ3v) is 2.56. The van der Waals surface area contributed by atoms with Crippen LogP contribution < -0.4 is 10.6 Å². The van der Waals surface area contributed by atoms with Gasteiger partial charge in [0.05, 0.1) is 4.99 Å². The van der Waals surface area contributed by atoms with Gasteiger partial charge in [-0.05, 0) is 26.0 Å². The van der Waals surface area contributed by atoms with E-state index in [0.717, 1.165) is 11.5 Å². The molecule has 0 fully saturated rings. The van der Waals surface area contributed by atoms with Crippen LogP contribution in [0.15, 0.2) is 18.2 Å². The minimum atomic E-state index is 0.275. The maximum absolute atomic E-state index is 5.52. The van der Waals surface area contributed by atoms with Crippen LogP contribution >= 0.6 is 12.2 Å². The summed E-state index contributed by atoms with van der Waals surface area (Å²) < 4.78 is 0. The van der Waals surface area contributed by atoms with Crippen LogP contribution in [0.2, 0.25) is 0 Å². The van der Waals surface area contributed by atoms with Gasteiger partial charge in [-0.3, -0.25) is 0 Å². The molecule has 1 unspecified atom stereocenters. The molecule has 0 aliphatic carbocycles. The number of hydrogen-bond donors (Lipinski definition) is 1. The zero-order valence-corrected chi connectivity index (χ0v) is 10.2. The maximum Gasteiger partial charge on any atom is 0.128 e. The van der Waals surface area contributed by atoms with Gasteiger partial charge in [-0.1, -0.05) is 18.3 Å². The van der Waals surface area contributed by atoms with E-state index in [0.29, 0.717) is 11.4 Å². The second kappa shape index (κ2) is 5.07. The normalized spacial score (nSPS) is 12.2. The molecule has 2 N–H and O–H groups in total. The van der Waals surface area contributed by atoms with Crippen molar-refractivity contribution in [1.29, 1.82) is 0 Å². The topological polar surface area (TPSA) is 42.1 Å². The Balaban J connectivity index is 2.75. The molecule has 0 aliphatic rings. The van der Waals surface area contributed by atoms with Gasteiger partial charge in [-0.2, -0.15) is 0 Å². The van der Waals surface area contributed by atoms with Crippen LogP contribution in [0.3, 0.4) is 0 Å². The van der Waals surface area contributed by atoms with Gasteiger partial charge in [-0.15, -0.1) is 0 Å². The van der Waals surface area contributed by atoms with E-state index in [1.165, 1.54) is 0 Å². The highest BCUT2D eigenvalue weighted by Gasteiger charge is 2.11. The summed E-state index contributed by atoms with van der Waals surface area (Å²) in [5.41, 5.74) is 6.54. The largest absolute Gasteiger partial charge is 0.393 e. The van der Waals surface area contributed by atoms with Gasteiger partial charge in [0.2, 0.25) is 0 Å². The number of anilines is 1. The third kappa shape index (κ3) is 3.47. The number of nitrogens with zero attached hydrogens (tertiary/aromatic N) is 2. The molecule has 0 saturated carbocycles. The molecule has 1 heterocycles. The molecule has 1 rings (SSSR count). The Kier molecular flexibility index (Phi) is 4.03. The molecule has 0 saturated heterocycles. The van der Waals surface area contributed by atoms with E-state index in [1.807, 2.05) is 32.2 Å². The lowest BCUT2D eigenvalue weighted by molar-refractivity contribution is 0.704. The molecular formula is C11H17N3S. The van der Waals surface area contributed by atoms with Gasteiger partial charge < -0.3 is 10.6 Å². The van der Waals surface area contributed by atoms with Crippen LogP contribution in [-0.4, -0.2) is 23.1 Å². The Bertz CT molecular complexity index is 351.